The lowest BCUT2D eigenvalue weighted by Crippen LogP contribution is -2.34. The Morgan fingerprint density at radius 3 is 2.32 bits per heavy atom. The highest BCUT2D eigenvalue weighted by molar-refractivity contribution is 6.34. The predicted octanol–water partition coefficient (Wildman–Crippen LogP) is 4.16. The van der Waals surface area contributed by atoms with E-state index in [0.29, 0.717) is 5.57 Å². The van der Waals surface area contributed by atoms with Crippen LogP contribution in [0.15, 0.2) is 57.3 Å². The van der Waals surface area contributed by atoms with Gasteiger partial charge in [-0.2, -0.15) is 0 Å². The Labute approximate surface area is 138 Å². The first-order chi connectivity index (χ1) is 10.2. The maximum Gasteiger partial charge on any atom is 0.271 e. The van der Waals surface area contributed by atoms with Crippen molar-refractivity contribution in [3.05, 3.63) is 47.3 Å². The third-order valence-corrected chi connectivity index (χ3v) is 3.11. The molecule has 0 aliphatic heterocycles. The topological polar surface area (TPSA) is 53.8 Å². The SMILES string of the molecule is C=C/C(=C\N=C(C)C)C(C)NC(=O)/C(N=CC)=C(\Cl)C(=C)C. The molecule has 0 radical (unpaired) electrons. The largest absolute Gasteiger partial charge is 0.344 e. The van der Waals surface area contributed by atoms with Crippen molar-refractivity contribution in [1.29, 1.82) is 0 Å². The summed E-state index contributed by atoms with van der Waals surface area (Å²) >= 11 is 6.10. The van der Waals surface area contributed by atoms with Gasteiger partial charge in [0, 0.05) is 18.1 Å². The van der Waals surface area contributed by atoms with Gasteiger partial charge in [-0.1, -0.05) is 30.8 Å². The minimum Gasteiger partial charge on any atom is -0.344 e. The standard InChI is InChI=1S/C17H24ClN3O/c1-8-14(10-20-12(5)6)13(7)21-17(22)16(19-9-2)15(18)11(3)4/h8-10,13H,1,3H2,2,4-7H3,(H,21,22)/b14-10+,16-15+,19-9?. The number of hydrogen-bond acceptors (Lipinski definition) is 3. The summed E-state index contributed by atoms with van der Waals surface area (Å²) in [4.78, 5) is 20.6. The Balaban J connectivity index is 5.36. The molecule has 0 bridgehead atoms. The zero-order chi connectivity index (χ0) is 17.3. The predicted molar refractivity (Wildman–Crippen MR) is 96.5 cm³/mol. The van der Waals surface area contributed by atoms with Crippen LogP contribution in [0.5, 0.6) is 0 Å². The fraction of sp³-hybridized carbons (Fsp3) is 0.353. The van der Waals surface area contributed by atoms with Gasteiger partial charge in [-0.15, -0.1) is 0 Å². The molecular weight excluding hydrogens is 298 g/mol. The molecule has 0 aliphatic rings. The summed E-state index contributed by atoms with van der Waals surface area (Å²) in [6, 6.07) is -0.273. The number of carbonyl (C=O) groups is 1. The van der Waals surface area contributed by atoms with E-state index in [4.69, 9.17) is 11.6 Å². The van der Waals surface area contributed by atoms with Gasteiger partial charge in [-0.3, -0.25) is 14.8 Å². The van der Waals surface area contributed by atoms with Crippen LogP contribution < -0.4 is 5.32 Å². The van der Waals surface area contributed by atoms with Crippen LogP contribution in [0.2, 0.25) is 0 Å². The summed E-state index contributed by atoms with van der Waals surface area (Å²) in [5.74, 6) is -0.372. The smallest absolute Gasteiger partial charge is 0.271 e. The van der Waals surface area contributed by atoms with Gasteiger partial charge in [0.25, 0.3) is 5.91 Å². The zero-order valence-electron chi connectivity index (χ0n) is 13.9. The van der Waals surface area contributed by atoms with Crippen molar-refractivity contribution in [2.45, 2.75) is 40.7 Å². The van der Waals surface area contributed by atoms with Crippen molar-refractivity contribution in [2.75, 3.05) is 0 Å². The number of rotatable bonds is 7. The highest BCUT2D eigenvalue weighted by Gasteiger charge is 2.17. The second-order valence-corrected chi connectivity index (χ2v) is 5.31. The quantitative estimate of drug-likeness (QED) is 0.427. The zero-order valence-corrected chi connectivity index (χ0v) is 14.7. The molecule has 1 unspecified atom stereocenters. The maximum absolute atomic E-state index is 12.3. The lowest BCUT2D eigenvalue weighted by Gasteiger charge is -2.15. The van der Waals surface area contributed by atoms with Crippen molar-refractivity contribution in [1.82, 2.24) is 5.32 Å². The van der Waals surface area contributed by atoms with Crippen LogP contribution in [0.25, 0.3) is 0 Å². The van der Waals surface area contributed by atoms with Crippen molar-refractivity contribution in [3.8, 4) is 0 Å². The Morgan fingerprint density at radius 2 is 1.91 bits per heavy atom. The summed E-state index contributed by atoms with van der Waals surface area (Å²) in [7, 11) is 0. The van der Waals surface area contributed by atoms with Crippen LogP contribution in [0.1, 0.15) is 34.6 Å². The number of allylic oxidation sites excluding steroid dienone is 2. The highest BCUT2D eigenvalue weighted by Crippen LogP contribution is 2.19. The van der Waals surface area contributed by atoms with Crippen LogP contribution in [-0.4, -0.2) is 23.9 Å². The lowest BCUT2D eigenvalue weighted by molar-refractivity contribution is -0.117. The molecule has 0 aliphatic carbocycles. The molecule has 120 valence electrons. The first-order valence-electron chi connectivity index (χ1n) is 6.93. The number of nitrogens with one attached hydrogen (secondary N) is 1. The molecule has 0 saturated carbocycles. The van der Waals surface area contributed by atoms with Gasteiger partial charge in [0.2, 0.25) is 0 Å². The third-order valence-electron chi connectivity index (χ3n) is 2.61. The first kappa shape index (κ1) is 20.1. The number of amides is 1. The average Bonchev–Trinajstić information content (AvgIpc) is 2.43. The molecule has 22 heavy (non-hydrogen) atoms. The highest BCUT2D eigenvalue weighted by atomic mass is 35.5. The Bertz CT molecular complexity index is 564. The van der Waals surface area contributed by atoms with E-state index in [2.05, 4.69) is 28.5 Å². The number of halogens is 1. The van der Waals surface area contributed by atoms with Gasteiger partial charge in [0.1, 0.15) is 5.70 Å². The van der Waals surface area contributed by atoms with Gasteiger partial charge in [-0.05, 0) is 45.8 Å². The van der Waals surface area contributed by atoms with E-state index in [-0.39, 0.29) is 22.7 Å². The Kier molecular flexibility index (Phi) is 9.03. The molecule has 4 nitrogen and oxygen atoms in total. The number of hydrogen-bond donors (Lipinski definition) is 1. The van der Waals surface area contributed by atoms with Crippen molar-refractivity contribution >= 4 is 29.4 Å². The van der Waals surface area contributed by atoms with Gasteiger partial charge >= 0.3 is 0 Å². The maximum atomic E-state index is 12.3. The molecule has 0 saturated heterocycles. The van der Waals surface area contributed by atoms with E-state index in [9.17, 15) is 4.79 Å². The molecule has 0 aromatic carbocycles. The molecule has 1 N–H and O–H groups in total. The second kappa shape index (κ2) is 9.90. The van der Waals surface area contributed by atoms with E-state index in [1.54, 1.807) is 26.1 Å². The third kappa shape index (κ3) is 6.68. The number of aliphatic imine (C=N–C) groups is 2. The molecule has 0 aromatic rings. The Hall–Kier alpha value is -1.94. The minimum atomic E-state index is -0.372. The van der Waals surface area contributed by atoms with Crippen molar-refractivity contribution in [3.63, 3.8) is 0 Å². The van der Waals surface area contributed by atoms with Gasteiger partial charge in [0.15, 0.2) is 0 Å². The molecule has 0 rings (SSSR count). The van der Waals surface area contributed by atoms with Crippen molar-refractivity contribution in [2.24, 2.45) is 9.98 Å². The van der Waals surface area contributed by atoms with Gasteiger partial charge in [-0.25, -0.2) is 0 Å². The van der Waals surface area contributed by atoms with E-state index >= 15 is 0 Å². The number of nitrogens with zero attached hydrogens (tertiary/aromatic N) is 2. The normalized spacial score (nSPS) is 14.2. The van der Waals surface area contributed by atoms with E-state index in [1.807, 2.05) is 20.8 Å². The second-order valence-electron chi connectivity index (χ2n) is 4.93. The fourth-order valence-electron chi connectivity index (χ4n) is 1.44. The first-order valence-corrected chi connectivity index (χ1v) is 7.31. The van der Waals surface area contributed by atoms with Crippen LogP contribution in [0.3, 0.4) is 0 Å². The molecule has 0 spiro atoms. The molecule has 0 aromatic heterocycles. The summed E-state index contributed by atoms with van der Waals surface area (Å²) in [6.07, 6.45) is 4.85. The van der Waals surface area contributed by atoms with Gasteiger partial charge < -0.3 is 5.32 Å². The summed E-state index contributed by atoms with van der Waals surface area (Å²) in [5.41, 5.74) is 2.43. The molecule has 1 amide bonds. The number of carbonyl (C=O) groups excluding carboxylic acids is 1. The van der Waals surface area contributed by atoms with E-state index < -0.39 is 0 Å². The van der Waals surface area contributed by atoms with E-state index in [0.717, 1.165) is 11.3 Å². The molecule has 0 heterocycles. The van der Waals surface area contributed by atoms with Crippen LogP contribution in [-0.2, 0) is 4.79 Å². The monoisotopic (exact) mass is 321 g/mol. The van der Waals surface area contributed by atoms with Crippen LogP contribution in [0.4, 0.5) is 0 Å². The molecule has 5 heteroatoms. The molecule has 1 atom stereocenters. The Morgan fingerprint density at radius 1 is 1.32 bits per heavy atom. The lowest BCUT2D eigenvalue weighted by atomic mass is 10.1. The molecular formula is C17H24ClN3O. The van der Waals surface area contributed by atoms with E-state index in [1.165, 1.54) is 6.21 Å². The minimum absolute atomic E-state index is 0.141. The summed E-state index contributed by atoms with van der Waals surface area (Å²) in [6.45, 7) is 16.5. The summed E-state index contributed by atoms with van der Waals surface area (Å²) in [5, 5.41) is 3.08. The summed E-state index contributed by atoms with van der Waals surface area (Å²) < 4.78 is 0. The fourth-order valence-corrected chi connectivity index (χ4v) is 1.57. The van der Waals surface area contributed by atoms with Crippen LogP contribution in [0, 0.1) is 0 Å². The molecule has 0 fully saturated rings. The average molecular weight is 322 g/mol. The van der Waals surface area contributed by atoms with Gasteiger partial charge in [0.05, 0.1) is 11.1 Å². The van der Waals surface area contributed by atoms with Crippen LogP contribution >= 0.6 is 11.6 Å². The van der Waals surface area contributed by atoms with Crippen molar-refractivity contribution < 1.29 is 4.79 Å².